The first kappa shape index (κ1) is 14.8. The molecule has 0 saturated carbocycles. The molecule has 3 N–H and O–H groups in total. The summed E-state index contributed by atoms with van der Waals surface area (Å²) in [6.45, 7) is 8.58. The van der Waals surface area contributed by atoms with E-state index in [4.69, 9.17) is 5.73 Å². The van der Waals surface area contributed by atoms with Gasteiger partial charge in [0.1, 0.15) is 18.0 Å². The molecule has 0 saturated heterocycles. The Kier molecular flexibility index (Phi) is 4.60. The molecule has 1 atom stereocenters. The molecule has 0 radical (unpaired) electrons. The lowest BCUT2D eigenvalue weighted by atomic mass is 10.1. The number of nitrogens with zero attached hydrogens (tertiary/aromatic N) is 2. The van der Waals surface area contributed by atoms with Crippen molar-refractivity contribution in [3.05, 3.63) is 33.3 Å². The van der Waals surface area contributed by atoms with Crippen LogP contribution in [0.25, 0.3) is 0 Å². The number of anilines is 2. The quantitative estimate of drug-likeness (QED) is 0.877. The number of nitrogens with one attached hydrogen (secondary N) is 1. The molecular weight excluding hydrogens is 268 g/mol. The third-order valence-corrected chi connectivity index (χ3v) is 4.36. The monoisotopic (exact) mass is 290 g/mol. The predicted octanol–water partition coefficient (Wildman–Crippen LogP) is 3.86. The number of nitrogens with two attached hydrogens (primary N) is 1. The van der Waals surface area contributed by atoms with Crippen LogP contribution in [0.5, 0.6) is 0 Å². The first-order chi connectivity index (χ1) is 9.52. The molecule has 0 aromatic carbocycles. The van der Waals surface area contributed by atoms with Gasteiger partial charge in [-0.3, -0.25) is 0 Å². The topological polar surface area (TPSA) is 63.8 Å². The standard InChI is InChI=1S/C15H22N4S/c1-5-6-12-14(16)17-8-18-15(12)19-10(3)13-7-9(2)20-11(13)4/h7-8,10H,5-6H2,1-4H3,(H3,16,17,18,19). The molecule has 20 heavy (non-hydrogen) atoms. The lowest BCUT2D eigenvalue weighted by Gasteiger charge is -2.17. The van der Waals surface area contributed by atoms with E-state index in [1.54, 1.807) is 0 Å². The molecule has 0 spiro atoms. The highest BCUT2D eigenvalue weighted by Crippen LogP contribution is 2.29. The number of hydrogen-bond donors (Lipinski definition) is 2. The molecule has 2 heterocycles. The molecule has 1 unspecified atom stereocenters. The zero-order chi connectivity index (χ0) is 14.7. The van der Waals surface area contributed by atoms with E-state index in [9.17, 15) is 0 Å². The minimum atomic E-state index is 0.213. The molecule has 0 aliphatic heterocycles. The predicted molar refractivity (Wildman–Crippen MR) is 86.3 cm³/mol. The van der Waals surface area contributed by atoms with Crippen LogP contribution in [0.2, 0.25) is 0 Å². The minimum absolute atomic E-state index is 0.213. The average molecular weight is 290 g/mol. The van der Waals surface area contributed by atoms with E-state index in [0.717, 1.165) is 24.2 Å². The number of nitrogen functional groups attached to an aromatic ring is 1. The van der Waals surface area contributed by atoms with Crippen LogP contribution in [0.1, 0.15) is 47.2 Å². The minimum Gasteiger partial charge on any atom is -0.383 e. The largest absolute Gasteiger partial charge is 0.383 e. The van der Waals surface area contributed by atoms with Crippen LogP contribution in [-0.4, -0.2) is 9.97 Å². The number of aryl methyl sites for hydroxylation is 2. The van der Waals surface area contributed by atoms with E-state index in [0.29, 0.717) is 5.82 Å². The maximum Gasteiger partial charge on any atom is 0.135 e. The van der Waals surface area contributed by atoms with Crippen molar-refractivity contribution in [3.8, 4) is 0 Å². The van der Waals surface area contributed by atoms with Crippen molar-refractivity contribution in [3.63, 3.8) is 0 Å². The van der Waals surface area contributed by atoms with Crippen molar-refractivity contribution in [2.24, 2.45) is 0 Å². The Hall–Kier alpha value is -1.62. The van der Waals surface area contributed by atoms with Gasteiger partial charge in [0.25, 0.3) is 0 Å². The Labute approximate surface area is 124 Å². The van der Waals surface area contributed by atoms with Crippen LogP contribution in [0.3, 0.4) is 0 Å². The van der Waals surface area contributed by atoms with Gasteiger partial charge in [-0.1, -0.05) is 13.3 Å². The summed E-state index contributed by atoms with van der Waals surface area (Å²) in [5.74, 6) is 1.44. The fourth-order valence-electron chi connectivity index (χ4n) is 2.41. The molecule has 2 aromatic heterocycles. The van der Waals surface area contributed by atoms with Crippen molar-refractivity contribution < 1.29 is 0 Å². The number of aromatic nitrogens is 2. The normalized spacial score (nSPS) is 12.4. The summed E-state index contributed by atoms with van der Waals surface area (Å²) in [5.41, 5.74) is 8.31. The fourth-order valence-corrected chi connectivity index (χ4v) is 3.43. The van der Waals surface area contributed by atoms with Crippen LogP contribution >= 0.6 is 11.3 Å². The molecule has 4 nitrogen and oxygen atoms in total. The molecule has 2 rings (SSSR count). The van der Waals surface area contributed by atoms with E-state index in [1.807, 2.05) is 11.3 Å². The Morgan fingerprint density at radius 3 is 2.70 bits per heavy atom. The van der Waals surface area contributed by atoms with Crippen LogP contribution in [0.4, 0.5) is 11.6 Å². The number of thiophene rings is 1. The fraction of sp³-hybridized carbons (Fsp3) is 0.467. The van der Waals surface area contributed by atoms with E-state index in [2.05, 4.69) is 49.0 Å². The molecule has 0 aliphatic rings. The van der Waals surface area contributed by atoms with Gasteiger partial charge in [0, 0.05) is 15.3 Å². The third-order valence-electron chi connectivity index (χ3n) is 3.38. The second-order valence-electron chi connectivity index (χ2n) is 5.07. The molecule has 0 aliphatic carbocycles. The van der Waals surface area contributed by atoms with E-state index >= 15 is 0 Å². The number of hydrogen-bond acceptors (Lipinski definition) is 5. The Bertz CT molecular complexity index is 592. The second-order valence-corrected chi connectivity index (χ2v) is 6.53. The molecule has 5 heteroatoms. The maximum atomic E-state index is 5.97. The SMILES string of the molecule is CCCc1c(N)ncnc1NC(C)c1cc(C)sc1C. The van der Waals surface area contributed by atoms with Crippen molar-refractivity contribution in [2.45, 2.75) is 46.6 Å². The summed E-state index contributed by atoms with van der Waals surface area (Å²) in [6, 6.07) is 2.45. The lowest BCUT2D eigenvalue weighted by Crippen LogP contribution is -2.12. The van der Waals surface area contributed by atoms with Crippen LogP contribution < -0.4 is 11.1 Å². The van der Waals surface area contributed by atoms with Crippen LogP contribution in [-0.2, 0) is 6.42 Å². The molecule has 0 fully saturated rings. The van der Waals surface area contributed by atoms with Crippen molar-refractivity contribution in [1.82, 2.24) is 9.97 Å². The smallest absolute Gasteiger partial charge is 0.135 e. The molecule has 2 aromatic rings. The summed E-state index contributed by atoms with van der Waals surface area (Å²) >= 11 is 1.83. The Morgan fingerprint density at radius 1 is 1.35 bits per heavy atom. The molecule has 108 valence electrons. The Balaban J connectivity index is 2.25. The van der Waals surface area contributed by atoms with Crippen LogP contribution in [0, 0.1) is 13.8 Å². The highest BCUT2D eigenvalue weighted by atomic mass is 32.1. The van der Waals surface area contributed by atoms with Gasteiger partial charge in [0.05, 0.1) is 6.04 Å². The van der Waals surface area contributed by atoms with Gasteiger partial charge in [-0.05, 0) is 38.8 Å². The van der Waals surface area contributed by atoms with E-state index in [-0.39, 0.29) is 6.04 Å². The number of rotatable bonds is 5. The highest BCUT2D eigenvalue weighted by Gasteiger charge is 2.15. The first-order valence-electron chi connectivity index (χ1n) is 6.95. The summed E-state index contributed by atoms with van der Waals surface area (Å²) in [6.07, 6.45) is 3.44. The van der Waals surface area contributed by atoms with Gasteiger partial charge in [-0.2, -0.15) is 0 Å². The summed E-state index contributed by atoms with van der Waals surface area (Å²) in [5, 5.41) is 3.48. The van der Waals surface area contributed by atoms with Gasteiger partial charge in [0.15, 0.2) is 0 Å². The van der Waals surface area contributed by atoms with Crippen molar-refractivity contribution >= 4 is 23.0 Å². The average Bonchev–Trinajstić information content (AvgIpc) is 2.73. The van der Waals surface area contributed by atoms with Crippen molar-refractivity contribution in [2.75, 3.05) is 11.1 Å². The van der Waals surface area contributed by atoms with Gasteiger partial charge in [-0.25, -0.2) is 9.97 Å². The molecule has 0 bridgehead atoms. The lowest BCUT2D eigenvalue weighted by molar-refractivity contribution is 0.847. The third kappa shape index (κ3) is 3.10. The zero-order valence-electron chi connectivity index (χ0n) is 12.5. The highest BCUT2D eigenvalue weighted by molar-refractivity contribution is 7.12. The van der Waals surface area contributed by atoms with Gasteiger partial charge in [0.2, 0.25) is 0 Å². The summed E-state index contributed by atoms with van der Waals surface area (Å²) in [4.78, 5) is 11.1. The van der Waals surface area contributed by atoms with Crippen molar-refractivity contribution in [1.29, 1.82) is 0 Å². The summed E-state index contributed by atoms with van der Waals surface area (Å²) < 4.78 is 0. The second kappa shape index (κ2) is 6.22. The van der Waals surface area contributed by atoms with E-state index in [1.165, 1.54) is 21.6 Å². The zero-order valence-corrected chi connectivity index (χ0v) is 13.3. The van der Waals surface area contributed by atoms with E-state index < -0.39 is 0 Å². The maximum absolute atomic E-state index is 5.97. The Morgan fingerprint density at radius 2 is 2.10 bits per heavy atom. The molecule has 0 amide bonds. The van der Waals surface area contributed by atoms with Gasteiger partial charge in [-0.15, -0.1) is 11.3 Å². The molecular formula is C15H22N4S. The van der Waals surface area contributed by atoms with Gasteiger partial charge >= 0.3 is 0 Å². The summed E-state index contributed by atoms with van der Waals surface area (Å²) in [7, 11) is 0. The van der Waals surface area contributed by atoms with Gasteiger partial charge < -0.3 is 11.1 Å². The first-order valence-corrected chi connectivity index (χ1v) is 7.77. The van der Waals surface area contributed by atoms with Crippen LogP contribution in [0.15, 0.2) is 12.4 Å².